The van der Waals surface area contributed by atoms with Gasteiger partial charge < -0.3 is 4.90 Å². The van der Waals surface area contributed by atoms with Gasteiger partial charge in [-0.2, -0.15) is 5.10 Å². The number of hydrogen-bond acceptors (Lipinski definition) is 4. The lowest BCUT2D eigenvalue weighted by Crippen LogP contribution is -2.48. The van der Waals surface area contributed by atoms with Gasteiger partial charge in [0.15, 0.2) is 5.69 Å². The summed E-state index contributed by atoms with van der Waals surface area (Å²) in [5, 5.41) is 4.65. The highest BCUT2D eigenvalue weighted by Crippen LogP contribution is 2.42. The molecule has 3 heterocycles. The number of thioether (sulfide) groups is 1. The van der Waals surface area contributed by atoms with E-state index in [0.29, 0.717) is 5.69 Å². The summed E-state index contributed by atoms with van der Waals surface area (Å²) in [7, 11) is 1.94. The van der Waals surface area contributed by atoms with Crippen LogP contribution < -0.4 is 0 Å². The molecule has 6 heteroatoms. The molecule has 1 fully saturated rings. The van der Waals surface area contributed by atoms with E-state index in [9.17, 15) is 4.79 Å². The van der Waals surface area contributed by atoms with Crippen LogP contribution in [0.2, 0.25) is 0 Å². The molecule has 0 unspecified atom stereocenters. The molecule has 0 aliphatic carbocycles. The predicted octanol–water partition coefficient (Wildman–Crippen LogP) is 3.65. The number of carbonyl (C=O) groups excluding carboxylic acids is 1. The Kier molecular flexibility index (Phi) is 4.89. The van der Waals surface area contributed by atoms with E-state index in [0.717, 1.165) is 49.7 Å². The standard InChI is InChI=1S/C23H24N4OS/c1-25-22-18-9-5-6-10-20(18)29-16-19(22)21(24-25)23(28)27-13-11-26(12-14-27)15-17-7-3-2-4-8-17/h2-10H,11-16H2,1H3. The lowest BCUT2D eigenvalue weighted by Gasteiger charge is -2.34. The second kappa shape index (κ2) is 7.69. The minimum atomic E-state index is 0.0705. The van der Waals surface area contributed by atoms with Gasteiger partial charge in [0.2, 0.25) is 0 Å². The molecular weight excluding hydrogens is 380 g/mol. The van der Waals surface area contributed by atoms with Crippen LogP contribution in [0.15, 0.2) is 59.5 Å². The molecule has 1 amide bonds. The molecule has 0 atom stereocenters. The highest BCUT2D eigenvalue weighted by Gasteiger charge is 2.31. The minimum Gasteiger partial charge on any atom is -0.335 e. The van der Waals surface area contributed by atoms with Crippen molar-refractivity contribution in [1.29, 1.82) is 0 Å². The predicted molar refractivity (Wildman–Crippen MR) is 116 cm³/mol. The number of benzene rings is 2. The molecule has 2 aromatic carbocycles. The van der Waals surface area contributed by atoms with E-state index in [-0.39, 0.29) is 5.91 Å². The van der Waals surface area contributed by atoms with Gasteiger partial charge in [-0.3, -0.25) is 14.4 Å². The molecule has 0 spiro atoms. The molecule has 148 valence electrons. The molecule has 5 rings (SSSR count). The molecule has 1 saturated heterocycles. The van der Waals surface area contributed by atoms with Crippen molar-refractivity contribution < 1.29 is 4.79 Å². The molecule has 0 N–H and O–H groups in total. The first-order chi connectivity index (χ1) is 14.2. The van der Waals surface area contributed by atoms with Crippen molar-refractivity contribution >= 4 is 17.7 Å². The van der Waals surface area contributed by atoms with Crippen molar-refractivity contribution in [3.63, 3.8) is 0 Å². The second-order valence-electron chi connectivity index (χ2n) is 7.64. The number of nitrogens with zero attached hydrogens (tertiary/aromatic N) is 4. The largest absolute Gasteiger partial charge is 0.335 e. The summed E-state index contributed by atoms with van der Waals surface area (Å²) >= 11 is 1.79. The first-order valence-corrected chi connectivity index (χ1v) is 11.0. The number of aryl methyl sites for hydroxylation is 1. The first-order valence-electron chi connectivity index (χ1n) is 10.0. The Morgan fingerprint density at radius 3 is 2.52 bits per heavy atom. The summed E-state index contributed by atoms with van der Waals surface area (Å²) in [6.07, 6.45) is 0. The van der Waals surface area contributed by atoms with Gasteiger partial charge in [-0.1, -0.05) is 48.5 Å². The Balaban J connectivity index is 1.32. The Labute approximate surface area is 175 Å². The number of carbonyl (C=O) groups is 1. The van der Waals surface area contributed by atoms with E-state index in [1.54, 1.807) is 11.8 Å². The van der Waals surface area contributed by atoms with Crippen LogP contribution in [0.3, 0.4) is 0 Å². The van der Waals surface area contributed by atoms with Crippen LogP contribution in [0.1, 0.15) is 21.6 Å². The van der Waals surface area contributed by atoms with Gasteiger partial charge in [0.05, 0.1) is 5.69 Å². The summed E-state index contributed by atoms with van der Waals surface area (Å²) < 4.78 is 1.88. The maximum absolute atomic E-state index is 13.3. The quantitative estimate of drug-likeness (QED) is 0.668. The van der Waals surface area contributed by atoms with Gasteiger partial charge in [-0.25, -0.2) is 0 Å². The maximum atomic E-state index is 13.3. The number of aromatic nitrogens is 2. The van der Waals surface area contributed by atoms with Crippen LogP contribution in [-0.4, -0.2) is 51.7 Å². The Bertz CT molecular complexity index is 1040. The lowest BCUT2D eigenvalue weighted by molar-refractivity contribution is 0.0621. The Morgan fingerprint density at radius 1 is 1.00 bits per heavy atom. The molecule has 3 aromatic rings. The van der Waals surface area contributed by atoms with Gasteiger partial charge in [-0.05, 0) is 11.6 Å². The van der Waals surface area contributed by atoms with E-state index in [1.165, 1.54) is 16.0 Å². The molecule has 2 aliphatic rings. The van der Waals surface area contributed by atoms with Crippen molar-refractivity contribution in [2.24, 2.45) is 7.05 Å². The van der Waals surface area contributed by atoms with Crippen molar-refractivity contribution in [3.8, 4) is 11.3 Å². The van der Waals surface area contributed by atoms with Crippen molar-refractivity contribution in [2.75, 3.05) is 26.2 Å². The Hall–Kier alpha value is -2.57. The number of amides is 1. The van der Waals surface area contributed by atoms with Crippen molar-refractivity contribution in [2.45, 2.75) is 17.2 Å². The average Bonchev–Trinajstić information content (AvgIpc) is 3.11. The van der Waals surface area contributed by atoms with E-state index in [2.05, 4.69) is 58.5 Å². The van der Waals surface area contributed by atoms with Gasteiger partial charge in [0, 0.05) is 61.5 Å². The zero-order valence-corrected chi connectivity index (χ0v) is 17.4. The number of fused-ring (bicyclic) bond motifs is 3. The first kappa shape index (κ1) is 18.5. The van der Waals surface area contributed by atoms with Crippen LogP contribution in [0.4, 0.5) is 0 Å². The highest BCUT2D eigenvalue weighted by molar-refractivity contribution is 7.98. The third kappa shape index (κ3) is 3.47. The fourth-order valence-electron chi connectivity index (χ4n) is 4.25. The normalized spacial score (nSPS) is 16.4. The summed E-state index contributed by atoms with van der Waals surface area (Å²) in [4.78, 5) is 18.9. The lowest BCUT2D eigenvalue weighted by atomic mass is 10.1. The van der Waals surface area contributed by atoms with E-state index < -0.39 is 0 Å². The minimum absolute atomic E-state index is 0.0705. The molecule has 0 bridgehead atoms. The van der Waals surface area contributed by atoms with Crippen LogP contribution >= 0.6 is 11.8 Å². The molecule has 0 radical (unpaired) electrons. The second-order valence-corrected chi connectivity index (χ2v) is 8.66. The number of rotatable bonds is 3. The van der Waals surface area contributed by atoms with Crippen LogP contribution in [-0.2, 0) is 19.3 Å². The van der Waals surface area contributed by atoms with Crippen LogP contribution in [0, 0.1) is 0 Å². The van der Waals surface area contributed by atoms with E-state index in [1.807, 2.05) is 22.7 Å². The number of piperazine rings is 1. The average molecular weight is 405 g/mol. The highest BCUT2D eigenvalue weighted by atomic mass is 32.2. The monoisotopic (exact) mass is 404 g/mol. The molecule has 1 aromatic heterocycles. The molecule has 2 aliphatic heterocycles. The summed E-state index contributed by atoms with van der Waals surface area (Å²) in [6, 6.07) is 18.9. The van der Waals surface area contributed by atoms with Gasteiger partial charge >= 0.3 is 0 Å². The van der Waals surface area contributed by atoms with Gasteiger partial charge in [0.1, 0.15) is 0 Å². The van der Waals surface area contributed by atoms with E-state index in [4.69, 9.17) is 0 Å². The fourth-order valence-corrected chi connectivity index (χ4v) is 5.32. The van der Waals surface area contributed by atoms with Gasteiger partial charge in [-0.15, -0.1) is 11.8 Å². The Morgan fingerprint density at radius 2 is 1.72 bits per heavy atom. The molecule has 29 heavy (non-hydrogen) atoms. The summed E-state index contributed by atoms with van der Waals surface area (Å²) in [6.45, 7) is 4.23. The molecule has 5 nitrogen and oxygen atoms in total. The molecule has 0 saturated carbocycles. The maximum Gasteiger partial charge on any atom is 0.274 e. The zero-order chi connectivity index (χ0) is 19.8. The smallest absolute Gasteiger partial charge is 0.274 e. The van der Waals surface area contributed by atoms with Crippen molar-refractivity contribution in [3.05, 3.63) is 71.4 Å². The van der Waals surface area contributed by atoms with Crippen LogP contribution in [0.5, 0.6) is 0 Å². The third-order valence-electron chi connectivity index (χ3n) is 5.77. The van der Waals surface area contributed by atoms with Crippen LogP contribution in [0.25, 0.3) is 11.3 Å². The number of hydrogen-bond donors (Lipinski definition) is 0. The SMILES string of the molecule is Cn1nc(C(=O)N2CCN(Cc3ccccc3)CC2)c2c1-c1ccccc1SC2. The zero-order valence-electron chi connectivity index (χ0n) is 16.5. The summed E-state index contributed by atoms with van der Waals surface area (Å²) in [5.41, 5.74) is 5.29. The third-order valence-corrected chi connectivity index (χ3v) is 6.87. The summed E-state index contributed by atoms with van der Waals surface area (Å²) in [5.74, 6) is 0.871. The van der Waals surface area contributed by atoms with Gasteiger partial charge in [0.25, 0.3) is 5.91 Å². The van der Waals surface area contributed by atoms with E-state index >= 15 is 0 Å². The fraction of sp³-hybridized carbons (Fsp3) is 0.304. The molecular formula is C23H24N4OS. The topological polar surface area (TPSA) is 41.4 Å². The van der Waals surface area contributed by atoms with Crippen molar-refractivity contribution in [1.82, 2.24) is 19.6 Å².